The van der Waals surface area contributed by atoms with Gasteiger partial charge in [-0.05, 0) is 6.92 Å². The topological polar surface area (TPSA) is 277 Å². The van der Waals surface area contributed by atoms with E-state index >= 15 is 0 Å². The van der Waals surface area contributed by atoms with Gasteiger partial charge in [0.1, 0.15) is 54.4 Å². The van der Waals surface area contributed by atoms with Crippen molar-refractivity contribution in [3.05, 3.63) is 0 Å². The Hall–Kier alpha value is -2.07. The molecule has 0 radical (unpaired) electrons. The second kappa shape index (κ2) is 13.9. The lowest BCUT2D eigenvalue weighted by Gasteiger charge is -2.48. The molecular formula is C25H43N3O15. The molecule has 0 aromatic heterocycles. The van der Waals surface area contributed by atoms with Crippen LogP contribution in [-0.4, -0.2) is 175 Å². The summed E-state index contributed by atoms with van der Waals surface area (Å²) in [4.78, 5) is 36.9. The lowest BCUT2D eigenvalue weighted by atomic mass is 9.81. The summed E-state index contributed by atoms with van der Waals surface area (Å²) in [7, 11) is 1.28. The zero-order valence-corrected chi connectivity index (χ0v) is 24.4. The molecule has 10 N–H and O–H groups in total. The highest BCUT2D eigenvalue weighted by atomic mass is 16.8. The normalized spacial score (nSPS) is 45.0. The van der Waals surface area contributed by atoms with Gasteiger partial charge >= 0.3 is 0 Å². The molecule has 0 spiro atoms. The molecule has 1 aliphatic carbocycles. The molecule has 2 aliphatic heterocycles. The molecule has 15 unspecified atom stereocenters. The van der Waals surface area contributed by atoms with E-state index in [1.54, 1.807) is 0 Å². The van der Waals surface area contributed by atoms with Crippen molar-refractivity contribution in [2.75, 3.05) is 20.3 Å². The van der Waals surface area contributed by atoms with Gasteiger partial charge in [-0.3, -0.25) is 14.4 Å². The molecule has 248 valence electrons. The van der Waals surface area contributed by atoms with Gasteiger partial charge in [0.2, 0.25) is 17.7 Å². The molecule has 18 heteroatoms. The van der Waals surface area contributed by atoms with Crippen molar-refractivity contribution >= 4 is 17.7 Å². The Labute approximate surface area is 247 Å². The van der Waals surface area contributed by atoms with Gasteiger partial charge in [0, 0.05) is 27.8 Å². The van der Waals surface area contributed by atoms with Crippen molar-refractivity contribution in [1.29, 1.82) is 0 Å². The molecule has 0 bridgehead atoms. The first kappa shape index (κ1) is 35.4. The van der Waals surface area contributed by atoms with Crippen LogP contribution in [0.5, 0.6) is 0 Å². The summed E-state index contributed by atoms with van der Waals surface area (Å²) < 4.78 is 23.3. The summed E-state index contributed by atoms with van der Waals surface area (Å²) in [5.41, 5.74) is -2.25. The number of likely N-dealkylation sites (N-methyl/N-ethyl adjacent to an activating group) is 1. The first-order valence-corrected chi connectivity index (χ1v) is 13.7. The van der Waals surface area contributed by atoms with Crippen LogP contribution in [0.25, 0.3) is 0 Å². The number of carbonyl (C=O) groups is 3. The third-order valence-electron chi connectivity index (χ3n) is 8.28. The van der Waals surface area contributed by atoms with E-state index in [-0.39, 0.29) is 0 Å². The van der Waals surface area contributed by atoms with E-state index in [1.807, 2.05) is 0 Å². The summed E-state index contributed by atoms with van der Waals surface area (Å²) in [6.45, 7) is 3.00. The van der Waals surface area contributed by atoms with E-state index in [4.69, 9.17) is 18.9 Å². The molecule has 3 rings (SSSR count). The maximum Gasteiger partial charge on any atom is 0.219 e. The van der Waals surface area contributed by atoms with Crippen LogP contribution in [-0.2, 0) is 33.3 Å². The first-order chi connectivity index (χ1) is 20.0. The standard InChI is InChI=1S/C25H43N3O15/c1-8-25(39,7-30)22(43-23-15(28(5)11(4)33)19(37)16(34)12(6-29)41-23)24(40-8)42-21-14(27-10(3)32)17(35)13(26-9(2)31)18(36)20(21)38/h8,12-24,29-30,34-39H,6-7H2,1-5H3,(H,26,31)(H,27,32). The number of nitrogens with zero attached hydrogens (tertiary/aromatic N) is 1. The van der Waals surface area contributed by atoms with E-state index in [0.29, 0.717) is 0 Å². The minimum Gasteiger partial charge on any atom is -0.394 e. The van der Waals surface area contributed by atoms with E-state index in [0.717, 1.165) is 18.7 Å². The monoisotopic (exact) mass is 625 g/mol. The molecule has 3 amide bonds. The van der Waals surface area contributed by atoms with Crippen LogP contribution in [0.2, 0.25) is 0 Å². The minimum atomic E-state index is -2.25. The Bertz CT molecular complexity index is 1010. The Morgan fingerprint density at radius 3 is 1.91 bits per heavy atom. The quantitative estimate of drug-likeness (QED) is 0.114. The molecule has 15 atom stereocenters. The van der Waals surface area contributed by atoms with Crippen molar-refractivity contribution in [1.82, 2.24) is 15.5 Å². The molecule has 1 saturated carbocycles. The Balaban J connectivity index is 1.99. The second-order valence-corrected chi connectivity index (χ2v) is 11.2. The van der Waals surface area contributed by atoms with Gasteiger partial charge in [0.05, 0.1) is 37.5 Å². The Morgan fingerprint density at radius 2 is 1.40 bits per heavy atom. The predicted molar refractivity (Wildman–Crippen MR) is 139 cm³/mol. The van der Waals surface area contributed by atoms with E-state index in [1.165, 1.54) is 20.9 Å². The number of hydrogen-bond donors (Lipinski definition) is 10. The van der Waals surface area contributed by atoms with Gasteiger partial charge in [-0.15, -0.1) is 0 Å². The zero-order chi connectivity index (χ0) is 32.5. The van der Waals surface area contributed by atoms with E-state index in [2.05, 4.69) is 10.6 Å². The highest BCUT2D eigenvalue weighted by Crippen LogP contribution is 2.39. The van der Waals surface area contributed by atoms with Crippen LogP contribution < -0.4 is 10.6 Å². The summed E-state index contributed by atoms with van der Waals surface area (Å²) in [5, 5.41) is 89.9. The average molecular weight is 626 g/mol. The molecule has 43 heavy (non-hydrogen) atoms. The van der Waals surface area contributed by atoms with Crippen LogP contribution in [0.15, 0.2) is 0 Å². The summed E-state index contributed by atoms with van der Waals surface area (Å²) >= 11 is 0. The molecule has 3 aliphatic rings. The van der Waals surface area contributed by atoms with Crippen molar-refractivity contribution in [3.63, 3.8) is 0 Å². The highest BCUT2D eigenvalue weighted by molar-refractivity contribution is 5.74. The zero-order valence-electron chi connectivity index (χ0n) is 24.4. The third-order valence-corrected chi connectivity index (χ3v) is 8.28. The first-order valence-electron chi connectivity index (χ1n) is 13.7. The largest absolute Gasteiger partial charge is 0.394 e. The van der Waals surface area contributed by atoms with Crippen LogP contribution in [0.1, 0.15) is 27.7 Å². The average Bonchev–Trinajstić information content (AvgIpc) is 3.17. The molecule has 2 heterocycles. The van der Waals surface area contributed by atoms with Crippen LogP contribution in [0, 0.1) is 0 Å². The van der Waals surface area contributed by atoms with Gasteiger partial charge in [0.25, 0.3) is 0 Å². The maximum atomic E-state index is 12.2. The molecule has 2 saturated heterocycles. The highest BCUT2D eigenvalue weighted by Gasteiger charge is 2.61. The van der Waals surface area contributed by atoms with Gasteiger partial charge in [-0.1, -0.05) is 0 Å². The maximum absolute atomic E-state index is 12.2. The van der Waals surface area contributed by atoms with E-state index in [9.17, 15) is 55.2 Å². The van der Waals surface area contributed by atoms with Crippen molar-refractivity contribution < 1.29 is 74.2 Å². The predicted octanol–water partition coefficient (Wildman–Crippen LogP) is -6.38. The minimum absolute atomic E-state index is 0.572. The second-order valence-electron chi connectivity index (χ2n) is 11.2. The fraction of sp³-hybridized carbons (Fsp3) is 0.880. The third kappa shape index (κ3) is 6.95. The summed E-state index contributed by atoms with van der Waals surface area (Å²) in [6, 6.07) is -4.27. The molecule has 0 aromatic carbocycles. The van der Waals surface area contributed by atoms with Crippen LogP contribution >= 0.6 is 0 Å². The van der Waals surface area contributed by atoms with Gasteiger partial charge in [0.15, 0.2) is 12.6 Å². The number of nitrogens with one attached hydrogen (secondary N) is 2. The van der Waals surface area contributed by atoms with Crippen molar-refractivity contribution in [3.8, 4) is 0 Å². The smallest absolute Gasteiger partial charge is 0.219 e. The molecule has 18 nitrogen and oxygen atoms in total. The molecular weight excluding hydrogens is 582 g/mol. The lowest BCUT2D eigenvalue weighted by Crippen LogP contribution is -2.72. The van der Waals surface area contributed by atoms with E-state index < -0.39 is 122 Å². The van der Waals surface area contributed by atoms with Crippen molar-refractivity contribution in [2.24, 2.45) is 0 Å². The number of carbonyl (C=O) groups excluding carboxylic acids is 3. The SMILES string of the molecule is CC(=O)NC1C(O)C(O)C(OC2OC(C)C(O)(CO)C2OC2OC(CO)C(O)C(O)C2N(C)C(C)=O)C(NC(C)=O)C1O. The van der Waals surface area contributed by atoms with Gasteiger partial charge < -0.3 is 75.3 Å². The number of ether oxygens (including phenoxy) is 4. The fourth-order valence-corrected chi connectivity index (χ4v) is 5.67. The number of aliphatic hydroxyl groups excluding tert-OH is 7. The van der Waals surface area contributed by atoms with Gasteiger partial charge in [-0.2, -0.15) is 0 Å². The van der Waals surface area contributed by atoms with Crippen LogP contribution in [0.4, 0.5) is 0 Å². The lowest BCUT2D eigenvalue weighted by molar-refractivity contribution is -0.326. The summed E-state index contributed by atoms with van der Waals surface area (Å²) in [6.07, 6.45) is -18.1. The Morgan fingerprint density at radius 1 is 0.814 bits per heavy atom. The van der Waals surface area contributed by atoms with Gasteiger partial charge in [-0.25, -0.2) is 0 Å². The molecule has 0 aromatic rings. The van der Waals surface area contributed by atoms with Crippen LogP contribution in [0.3, 0.4) is 0 Å². The number of aliphatic hydroxyl groups is 8. The number of rotatable bonds is 9. The Kier molecular flexibility index (Phi) is 11.5. The summed E-state index contributed by atoms with van der Waals surface area (Å²) in [5.74, 6) is -1.88. The number of hydrogen-bond acceptors (Lipinski definition) is 15. The fourth-order valence-electron chi connectivity index (χ4n) is 5.67. The molecule has 3 fully saturated rings. The van der Waals surface area contributed by atoms with Crippen molar-refractivity contribution in [2.45, 2.75) is 119 Å². The number of amides is 3.